The lowest BCUT2D eigenvalue weighted by molar-refractivity contribution is 0.0954. The second-order valence-corrected chi connectivity index (χ2v) is 8.43. The van der Waals surface area contributed by atoms with Gasteiger partial charge in [-0.3, -0.25) is 4.79 Å². The Morgan fingerprint density at radius 3 is 2.74 bits per heavy atom. The summed E-state index contributed by atoms with van der Waals surface area (Å²) in [6.07, 6.45) is 6.77. The molecule has 1 amide bonds. The summed E-state index contributed by atoms with van der Waals surface area (Å²) in [6, 6.07) is 12.2. The number of aromatic amines is 1. The van der Waals surface area contributed by atoms with Crippen LogP contribution >= 0.6 is 11.8 Å². The molecule has 0 aliphatic rings. The number of hydrogen-bond donors (Lipinski definition) is 3. The zero-order chi connectivity index (χ0) is 23.9. The number of H-pyrrole nitrogens is 1. The van der Waals surface area contributed by atoms with Gasteiger partial charge < -0.3 is 20.4 Å². The van der Waals surface area contributed by atoms with Crippen molar-refractivity contribution in [3.63, 3.8) is 0 Å². The Bertz CT molecular complexity index is 1280. The van der Waals surface area contributed by atoms with E-state index < -0.39 is 0 Å². The molecule has 34 heavy (non-hydrogen) atoms. The molecule has 0 saturated heterocycles. The molecule has 2 heterocycles. The maximum Gasteiger partial charge on any atom is 0.256 e. The van der Waals surface area contributed by atoms with Crippen LogP contribution in [0, 0.1) is 5.82 Å². The summed E-state index contributed by atoms with van der Waals surface area (Å²) in [4.78, 5) is 24.9. The van der Waals surface area contributed by atoms with E-state index in [9.17, 15) is 9.18 Å². The van der Waals surface area contributed by atoms with Crippen LogP contribution in [-0.2, 0) is 12.8 Å². The summed E-state index contributed by atoms with van der Waals surface area (Å²) in [6.45, 7) is 1.02. The molecule has 2 aromatic heterocycles. The van der Waals surface area contributed by atoms with E-state index in [2.05, 4.69) is 25.6 Å². The van der Waals surface area contributed by atoms with Crippen LogP contribution in [0.1, 0.15) is 21.5 Å². The van der Waals surface area contributed by atoms with Crippen molar-refractivity contribution in [1.82, 2.24) is 20.3 Å². The number of halogens is 1. The SMILES string of the molecule is COc1ccc2c(CCNc3nc(SC)ncc3C(=O)NCCc3ccc(F)cc3)c[nH]c2c1. The van der Waals surface area contributed by atoms with Crippen LogP contribution in [-0.4, -0.2) is 47.3 Å². The van der Waals surface area contributed by atoms with Gasteiger partial charge in [0.15, 0.2) is 5.16 Å². The number of ether oxygens (including phenoxy) is 1. The molecule has 0 aliphatic heterocycles. The minimum Gasteiger partial charge on any atom is -0.497 e. The van der Waals surface area contributed by atoms with Crippen molar-refractivity contribution >= 4 is 34.4 Å². The standard InChI is InChI=1S/C25H26FN5O2S/c1-33-19-7-8-20-17(14-29-22(20)13-19)10-12-27-23-21(15-30-25(31-23)34-2)24(32)28-11-9-16-3-5-18(26)6-4-16/h3-8,13-15,29H,9-12H2,1-2H3,(H,28,32)(H,27,30,31). The van der Waals surface area contributed by atoms with E-state index in [1.54, 1.807) is 25.4 Å². The van der Waals surface area contributed by atoms with E-state index in [0.29, 0.717) is 36.0 Å². The Hall–Kier alpha value is -3.59. The lowest BCUT2D eigenvalue weighted by Crippen LogP contribution is -2.27. The lowest BCUT2D eigenvalue weighted by atomic mass is 10.1. The molecule has 0 unspecified atom stereocenters. The molecule has 0 radical (unpaired) electrons. The summed E-state index contributed by atoms with van der Waals surface area (Å²) >= 11 is 1.41. The molecule has 4 rings (SSSR count). The van der Waals surface area contributed by atoms with Gasteiger partial charge in [0.1, 0.15) is 22.9 Å². The highest BCUT2D eigenvalue weighted by Gasteiger charge is 2.15. The molecule has 0 aliphatic carbocycles. The second kappa shape index (κ2) is 11.0. The number of carbonyl (C=O) groups is 1. The second-order valence-electron chi connectivity index (χ2n) is 7.65. The number of thioether (sulfide) groups is 1. The van der Waals surface area contributed by atoms with Crippen molar-refractivity contribution in [3.05, 3.63) is 77.4 Å². The van der Waals surface area contributed by atoms with Crippen molar-refractivity contribution in [2.75, 3.05) is 31.8 Å². The average Bonchev–Trinajstić information content (AvgIpc) is 3.27. The first-order chi connectivity index (χ1) is 16.6. The highest BCUT2D eigenvalue weighted by atomic mass is 32.2. The predicted octanol–water partition coefficient (Wildman–Crippen LogP) is 4.45. The Balaban J connectivity index is 1.40. The third-order valence-corrected chi connectivity index (χ3v) is 6.03. The van der Waals surface area contributed by atoms with Crippen LogP contribution in [0.4, 0.5) is 10.2 Å². The maximum absolute atomic E-state index is 13.1. The van der Waals surface area contributed by atoms with Gasteiger partial charge in [0.05, 0.1) is 7.11 Å². The zero-order valence-electron chi connectivity index (χ0n) is 19.0. The van der Waals surface area contributed by atoms with Crippen LogP contribution in [0.15, 0.2) is 60.0 Å². The van der Waals surface area contributed by atoms with E-state index in [-0.39, 0.29) is 11.7 Å². The highest BCUT2D eigenvalue weighted by molar-refractivity contribution is 7.98. The summed E-state index contributed by atoms with van der Waals surface area (Å²) < 4.78 is 18.3. The normalized spacial score (nSPS) is 10.9. The molecule has 7 nitrogen and oxygen atoms in total. The van der Waals surface area contributed by atoms with E-state index in [1.165, 1.54) is 23.9 Å². The Labute approximate surface area is 201 Å². The summed E-state index contributed by atoms with van der Waals surface area (Å²) in [5.74, 6) is 0.776. The van der Waals surface area contributed by atoms with Crippen molar-refractivity contribution < 1.29 is 13.9 Å². The van der Waals surface area contributed by atoms with Crippen molar-refractivity contribution in [2.45, 2.75) is 18.0 Å². The maximum atomic E-state index is 13.1. The van der Waals surface area contributed by atoms with E-state index >= 15 is 0 Å². The number of anilines is 1. The Morgan fingerprint density at radius 2 is 1.97 bits per heavy atom. The van der Waals surface area contributed by atoms with E-state index in [1.807, 2.05) is 30.7 Å². The number of nitrogens with one attached hydrogen (secondary N) is 3. The minimum atomic E-state index is -0.276. The quantitative estimate of drug-likeness (QED) is 0.230. The molecular formula is C25H26FN5O2S. The van der Waals surface area contributed by atoms with Crippen LogP contribution in [0.3, 0.4) is 0 Å². The van der Waals surface area contributed by atoms with Gasteiger partial charge in [0.25, 0.3) is 5.91 Å². The fraction of sp³-hybridized carbons (Fsp3) is 0.240. The first kappa shape index (κ1) is 23.6. The molecule has 0 bridgehead atoms. The number of benzene rings is 2. The van der Waals surface area contributed by atoms with Crippen LogP contribution in [0.5, 0.6) is 5.75 Å². The molecule has 4 aromatic rings. The number of aromatic nitrogens is 3. The van der Waals surface area contributed by atoms with Gasteiger partial charge >= 0.3 is 0 Å². The molecule has 0 fully saturated rings. The lowest BCUT2D eigenvalue weighted by Gasteiger charge is -2.12. The number of rotatable bonds is 10. The monoisotopic (exact) mass is 479 g/mol. The molecule has 0 atom stereocenters. The average molecular weight is 480 g/mol. The molecular weight excluding hydrogens is 453 g/mol. The van der Waals surface area contributed by atoms with Crippen molar-refractivity contribution in [3.8, 4) is 5.75 Å². The minimum absolute atomic E-state index is 0.253. The number of fused-ring (bicyclic) bond motifs is 1. The van der Waals surface area contributed by atoms with Gasteiger partial charge in [-0.2, -0.15) is 0 Å². The van der Waals surface area contributed by atoms with Crippen LogP contribution in [0.25, 0.3) is 10.9 Å². The number of methoxy groups -OCH3 is 1. The molecule has 3 N–H and O–H groups in total. The largest absolute Gasteiger partial charge is 0.497 e. The van der Waals surface area contributed by atoms with Crippen molar-refractivity contribution in [1.29, 1.82) is 0 Å². The van der Waals surface area contributed by atoms with Gasteiger partial charge in [-0.25, -0.2) is 14.4 Å². The first-order valence-corrected chi connectivity index (χ1v) is 12.1. The highest BCUT2D eigenvalue weighted by Crippen LogP contribution is 2.24. The summed E-state index contributed by atoms with van der Waals surface area (Å²) in [5.41, 5.74) is 3.52. The number of amides is 1. The predicted molar refractivity (Wildman–Crippen MR) is 133 cm³/mol. The summed E-state index contributed by atoms with van der Waals surface area (Å²) in [5, 5.41) is 7.93. The third kappa shape index (κ3) is 5.66. The Kier molecular flexibility index (Phi) is 7.64. The molecule has 2 aromatic carbocycles. The molecule has 176 valence electrons. The van der Waals surface area contributed by atoms with Crippen molar-refractivity contribution in [2.24, 2.45) is 0 Å². The number of hydrogen-bond acceptors (Lipinski definition) is 6. The van der Waals surface area contributed by atoms with Gasteiger partial charge in [-0.15, -0.1) is 0 Å². The topological polar surface area (TPSA) is 91.9 Å². The van der Waals surface area contributed by atoms with Gasteiger partial charge in [0, 0.05) is 42.5 Å². The van der Waals surface area contributed by atoms with E-state index in [0.717, 1.165) is 34.2 Å². The molecule has 0 saturated carbocycles. The zero-order valence-corrected chi connectivity index (χ0v) is 19.8. The van der Waals surface area contributed by atoms with E-state index in [4.69, 9.17) is 4.74 Å². The fourth-order valence-corrected chi connectivity index (χ4v) is 3.99. The van der Waals surface area contributed by atoms with Gasteiger partial charge in [-0.1, -0.05) is 23.9 Å². The van der Waals surface area contributed by atoms with Crippen LogP contribution < -0.4 is 15.4 Å². The first-order valence-electron chi connectivity index (χ1n) is 10.9. The number of nitrogens with zero attached hydrogens (tertiary/aromatic N) is 2. The van der Waals surface area contributed by atoms with Gasteiger partial charge in [0.2, 0.25) is 0 Å². The number of carbonyl (C=O) groups excluding carboxylic acids is 1. The molecule has 9 heteroatoms. The smallest absolute Gasteiger partial charge is 0.256 e. The molecule has 0 spiro atoms. The van der Waals surface area contributed by atoms with Gasteiger partial charge in [-0.05, 0) is 54.5 Å². The van der Waals surface area contributed by atoms with Crippen LogP contribution in [0.2, 0.25) is 0 Å². The Morgan fingerprint density at radius 1 is 1.15 bits per heavy atom. The summed E-state index contributed by atoms with van der Waals surface area (Å²) in [7, 11) is 1.65. The third-order valence-electron chi connectivity index (χ3n) is 5.47. The fourth-order valence-electron chi connectivity index (χ4n) is 3.65.